The van der Waals surface area contributed by atoms with Gasteiger partial charge in [0.25, 0.3) is 0 Å². The molecule has 1 aliphatic carbocycles. The fourth-order valence-electron chi connectivity index (χ4n) is 5.55. The van der Waals surface area contributed by atoms with E-state index in [1.807, 2.05) is 40.5 Å². The van der Waals surface area contributed by atoms with Gasteiger partial charge in [0.15, 0.2) is 0 Å². The SMILES string of the molecule is COC(=O)c1ccc(NC(=O)N2Cc3c(sc4c3CCCC4)-n3cccc3C2c2cccc(OC)c2)cc1. The molecule has 0 fully saturated rings. The van der Waals surface area contributed by atoms with Gasteiger partial charge < -0.3 is 24.3 Å². The summed E-state index contributed by atoms with van der Waals surface area (Å²) in [7, 11) is 3.00. The third-order valence-corrected chi connectivity index (χ3v) is 8.74. The Labute approximate surface area is 225 Å². The van der Waals surface area contributed by atoms with Crippen LogP contribution in [0.3, 0.4) is 0 Å². The minimum Gasteiger partial charge on any atom is -0.497 e. The number of hydrogen-bond donors (Lipinski definition) is 1. The van der Waals surface area contributed by atoms with Crippen LogP contribution < -0.4 is 10.1 Å². The second kappa shape index (κ2) is 10.0. The van der Waals surface area contributed by atoms with Crippen LogP contribution in [0.15, 0.2) is 66.9 Å². The summed E-state index contributed by atoms with van der Waals surface area (Å²) in [5, 5.41) is 4.29. The van der Waals surface area contributed by atoms with E-state index in [0.29, 0.717) is 17.8 Å². The number of urea groups is 1. The van der Waals surface area contributed by atoms with E-state index in [1.165, 1.54) is 41.0 Å². The van der Waals surface area contributed by atoms with Crippen molar-refractivity contribution in [1.82, 2.24) is 9.47 Å². The van der Waals surface area contributed by atoms with E-state index in [2.05, 4.69) is 28.2 Å². The number of rotatable bonds is 4. The predicted octanol–water partition coefficient (Wildman–Crippen LogP) is 6.35. The van der Waals surface area contributed by atoms with Crippen LogP contribution >= 0.6 is 11.3 Å². The predicted molar refractivity (Wildman–Crippen MR) is 147 cm³/mol. The first-order valence-electron chi connectivity index (χ1n) is 12.8. The van der Waals surface area contributed by atoms with E-state index in [9.17, 15) is 9.59 Å². The molecule has 2 aromatic carbocycles. The third-order valence-electron chi connectivity index (χ3n) is 7.41. The number of carbonyl (C=O) groups excluding carboxylic acids is 2. The van der Waals surface area contributed by atoms with Crippen LogP contribution in [-0.2, 0) is 24.1 Å². The average Bonchev–Trinajstić information content (AvgIpc) is 3.54. The number of anilines is 1. The normalized spacial score (nSPS) is 16.1. The van der Waals surface area contributed by atoms with Crippen molar-refractivity contribution in [1.29, 1.82) is 0 Å². The van der Waals surface area contributed by atoms with Gasteiger partial charge in [0.05, 0.1) is 38.1 Å². The minimum absolute atomic E-state index is 0.208. The highest BCUT2D eigenvalue weighted by Crippen LogP contribution is 2.44. The third kappa shape index (κ3) is 4.24. The second-order valence-electron chi connectivity index (χ2n) is 9.60. The number of aromatic nitrogens is 1. The largest absolute Gasteiger partial charge is 0.497 e. The number of benzene rings is 2. The van der Waals surface area contributed by atoms with Crippen molar-refractivity contribution >= 4 is 29.0 Å². The number of esters is 1. The smallest absolute Gasteiger partial charge is 0.337 e. The summed E-state index contributed by atoms with van der Waals surface area (Å²) in [5.74, 6) is 0.333. The van der Waals surface area contributed by atoms with Gasteiger partial charge in [-0.05, 0) is 85.3 Å². The fraction of sp³-hybridized carbons (Fsp3) is 0.267. The number of thiophene rings is 1. The van der Waals surface area contributed by atoms with Crippen LogP contribution in [0.5, 0.6) is 5.75 Å². The van der Waals surface area contributed by atoms with Crippen molar-refractivity contribution in [3.63, 3.8) is 0 Å². The van der Waals surface area contributed by atoms with Gasteiger partial charge >= 0.3 is 12.0 Å². The van der Waals surface area contributed by atoms with E-state index < -0.39 is 5.97 Å². The van der Waals surface area contributed by atoms with Crippen molar-refractivity contribution in [3.05, 3.63) is 99.7 Å². The number of amides is 2. The summed E-state index contributed by atoms with van der Waals surface area (Å²) in [6.07, 6.45) is 6.64. The molecule has 1 unspecified atom stereocenters. The van der Waals surface area contributed by atoms with Gasteiger partial charge in [0.2, 0.25) is 0 Å². The summed E-state index contributed by atoms with van der Waals surface area (Å²) < 4.78 is 12.6. The molecule has 8 heteroatoms. The topological polar surface area (TPSA) is 72.8 Å². The lowest BCUT2D eigenvalue weighted by molar-refractivity contribution is 0.0600. The van der Waals surface area contributed by atoms with Gasteiger partial charge in [-0.2, -0.15) is 0 Å². The maximum absolute atomic E-state index is 14.1. The van der Waals surface area contributed by atoms with Gasteiger partial charge in [-0.25, -0.2) is 9.59 Å². The highest BCUT2D eigenvalue weighted by atomic mass is 32.1. The average molecular weight is 528 g/mol. The highest BCUT2D eigenvalue weighted by Gasteiger charge is 2.36. The van der Waals surface area contributed by atoms with E-state index in [4.69, 9.17) is 9.47 Å². The molecule has 1 N–H and O–H groups in total. The first-order valence-corrected chi connectivity index (χ1v) is 13.6. The number of fused-ring (bicyclic) bond motifs is 5. The van der Waals surface area contributed by atoms with Gasteiger partial charge in [0, 0.05) is 22.3 Å². The Morgan fingerprint density at radius 1 is 0.974 bits per heavy atom. The van der Waals surface area contributed by atoms with E-state index in [-0.39, 0.29) is 12.1 Å². The molecule has 0 radical (unpaired) electrons. The molecule has 2 aromatic heterocycles. The van der Waals surface area contributed by atoms with Crippen molar-refractivity contribution in [2.24, 2.45) is 0 Å². The molecule has 2 amide bonds. The Kier molecular flexibility index (Phi) is 6.41. The van der Waals surface area contributed by atoms with Crippen molar-refractivity contribution in [3.8, 4) is 10.8 Å². The lowest BCUT2D eigenvalue weighted by Crippen LogP contribution is -2.38. The maximum atomic E-state index is 14.1. The van der Waals surface area contributed by atoms with E-state index in [1.54, 1.807) is 31.4 Å². The molecule has 194 valence electrons. The quantitative estimate of drug-likeness (QED) is 0.314. The van der Waals surface area contributed by atoms with Gasteiger partial charge in [0.1, 0.15) is 10.8 Å². The Morgan fingerprint density at radius 3 is 2.58 bits per heavy atom. The Morgan fingerprint density at radius 2 is 1.79 bits per heavy atom. The Bertz CT molecular complexity index is 1500. The molecular formula is C30H29N3O4S. The maximum Gasteiger partial charge on any atom is 0.337 e. The zero-order valence-electron chi connectivity index (χ0n) is 21.4. The number of nitrogens with one attached hydrogen (secondary N) is 1. The standard InChI is InChI=1S/C30H29N3O4S/c1-36-22-8-5-7-20(17-22)27-25-10-6-16-32(25)28-24(23-9-3-4-11-26(23)38-28)18-33(27)30(35)31-21-14-12-19(13-15-21)29(34)37-2/h5-8,10,12-17,27H,3-4,9,11,18H2,1-2H3,(H,31,35). The molecule has 1 aliphatic heterocycles. The molecule has 0 saturated carbocycles. The summed E-state index contributed by atoms with van der Waals surface area (Å²) >= 11 is 1.86. The molecule has 2 aliphatic rings. The summed E-state index contributed by atoms with van der Waals surface area (Å²) in [6.45, 7) is 0.497. The number of methoxy groups -OCH3 is 2. The van der Waals surface area contributed by atoms with Crippen molar-refractivity contribution in [2.45, 2.75) is 38.3 Å². The second-order valence-corrected chi connectivity index (χ2v) is 10.7. The lowest BCUT2D eigenvalue weighted by Gasteiger charge is -2.31. The molecule has 6 rings (SSSR count). The number of aryl methyl sites for hydroxylation is 1. The van der Waals surface area contributed by atoms with Crippen LogP contribution in [0.1, 0.15) is 56.5 Å². The zero-order chi connectivity index (χ0) is 26.2. The summed E-state index contributed by atoms with van der Waals surface area (Å²) in [4.78, 5) is 29.3. The number of ether oxygens (including phenoxy) is 2. The zero-order valence-corrected chi connectivity index (χ0v) is 22.2. The monoisotopic (exact) mass is 527 g/mol. The highest BCUT2D eigenvalue weighted by molar-refractivity contribution is 7.15. The number of hydrogen-bond acceptors (Lipinski definition) is 5. The van der Waals surface area contributed by atoms with Crippen LogP contribution in [0.2, 0.25) is 0 Å². The van der Waals surface area contributed by atoms with Gasteiger partial charge in [-0.1, -0.05) is 12.1 Å². The number of carbonyl (C=O) groups is 2. The molecule has 38 heavy (non-hydrogen) atoms. The minimum atomic E-state index is -0.413. The summed E-state index contributed by atoms with van der Waals surface area (Å²) in [6, 6.07) is 18.3. The molecule has 0 bridgehead atoms. The van der Waals surface area contributed by atoms with Gasteiger partial charge in [-0.3, -0.25) is 0 Å². The Balaban J connectivity index is 1.44. The molecular weight excluding hydrogens is 498 g/mol. The molecule has 0 spiro atoms. The van der Waals surface area contributed by atoms with E-state index >= 15 is 0 Å². The molecule has 1 atom stereocenters. The first-order chi connectivity index (χ1) is 18.6. The van der Waals surface area contributed by atoms with Crippen LogP contribution in [0.4, 0.5) is 10.5 Å². The molecule has 3 heterocycles. The lowest BCUT2D eigenvalue weighted by atomic mass is 9.95. The molecule has 7 nitrogen and oxygen atoms in total. The molecule has 4 aromatic rings. The van der Waals surface area contributed by atoms with E-state index in [0.717, 1.165) is 29.8 Å². The first kappa shape index (κ1) is 24.3. The Hall–Kier alpha value is -4.04. The number of nitrogens with zero attached hydrogens (tertiary/aromatic N) is 2. The fourth-order valence-corrected chi connectivity index (χ4v) is 6.96. The van der Waals surface area contributed by atoms with Crippen molar-refractivity contribution in [2.75, 3.05) is 19.5 Å². The van der Waals surface area contributed by atoms with Crippen LogP contribution in [-0.4, -0.2) is 35.7 Å². The van der Waals surface area contributed by atoms with Gasteiger partial charge in [-0.15, -0.1) is 11.3 Å². The molecule has 0 saturated heterocycles. The summed E-state index contributed by atoms with van der Waals surface area (Å²) in [5.41, 5.74) is 5.70. The van der Waals surface area contributed by atoms with Crippen LogP contribution in [0, 0.1) is 0 Å². The van der Waals surface area contributed by atoms with Crippen molar-refractivity contribution < 1.29 is 19.1 Å². The van der Waals surface area contributed by atoms with Crippen LogP contribution in [0.25, 0.3) is 5.00 Å².